The molecule has 1 N–H and O–H groups in total. The summed E-state index contributed by atoms with van der Waals surface area (Å²) in [5.41, 5.74) is 3.63. The lowest BCUT2D eigenvalue weighted by Crippen LogP contribution is -2.21. The van der Waals surface area contributed by atoms with Gasteiger partial charge in [0.15, 0.2) is 11.5 Å². The second-order valence-electron chi connectivity index (χ2n) is 5.74. The number of ether oxygens (including phenoxy) is 2. The van der Waals surface area contributed by atoms with Crippen LogP contribution in [0.2, 0.25) is 0 Å². The lowest BCUT2D eigenvalue weighted by molar-refractivity contribution is 0.330. The normalized spacial score (nSPS) is 9.96. The van der Waals surface area contributed by atoms with E-state index in [1.807, 2.05) is 18.2 Å². The van der Waals surface area contributed by atoms with Gasteiger partial charge in [0.25, 0.3) is 0 Å². The Morgan fingerprint density at radius 3 is 2.52 bits per heavy atom. The van der Waals surface area contributed by atoms with E-state index in [1.165, 1.54) is 11.1 Å². The van der Waals surface area contributed by atoms with Gasteiger partial charge in [-0.15, -0.1) is 6.42 Å². The van der Waals surface area contributed by atoms with Gasteiger partial charge < -0.3 is 14.8 Å². The van der Waals surface area contributed by atoms with Crippen LogP contribution in [0.5, 0.6) is 11.5 Å². The largest absolute Gasteiger partial charge is 0.493 e. The van der Waals surface area contributed by atoms with Crippen molar-refractivity contribution < 1.29 is 9.47 Å². The summed E-state index contributed by atoms with van der Waals surface area (Å²) in [7, 11) is 1.62. The predicted molar refractivity (Wildman–Crippen MR) is 106 cm³/mol. The van der Waals surface area contributed by atoms with E-state index in [9.17, 15) is 0 Å². The van der Waals surface area contributed by atoms with Crippen LogP contribution in [0.25, 0.3) is 0 Å². The molecule has 0 saturated heterocycles. The predicted octanol–water partition coefficient (Wildman–Crippen LogP) is 4.07. The van der Waals surface area contributed by atoms with E-state index in [-0.39, 0.29) is 6.61 Å². The third kappa shape index (κ3) is 6.13. The van der Waals surface area contributed by atoms with E-state index >= 15 is 0 Å². The molecule has 0 fully saturated rings. The molecule has 4 heteroatoms. The highest BCUT2D eigenvalue weighted by Crippen LogP contribution is 2.28. The van der Waals surface area contributed by atoms with E-state index in [2.05, 4.69) is 42.4 Å². The smallest absolute Gasteiger partial charge is 0.162 e. The second-order valence-corrected chi connectivity index (χ2v) is 6.23. The van der Waals surface area contributed by atoms with Crippen LogP contribution in [0.4, 0.5) is 0 Å². The molecular weight excluding hydrogens is 330 g/mol. The number of benzene rings is 2. The van der Waals surface area contributed by atoms with Crippen LogP contribution in [0.15, 0.2) is 42.5 Å². The molecule has 0 aliphatic rings. The van der Waals surface area contributed by atoms with Gasteiger partial charge in [-0.1, -0.05) is 54.0 Å². The number of terminal acetylenes is 1. The van der Waals surface area contributed by atoms with Crippen LogP contribution >= 0.6 is 12.2 Å². The van der Waals surface area contributed by atoms with Crippen LogP contribution in [0.1, 0.15) is 23.1 Å². The number of hydrogen-bond acceptors (Lipinski definition) is 3. The fourth-order valence-electron chi connectivity index (χ4n) is 2.36. The molecule has 0 aliphatic carbocycles. The van der Waals surface area contributed by atoms with Crippen molar-refractivity contribution in [1.82, 2.24) is 5.32 Å². The quantitative estimate of drug-likeness (QED) is 0.572. The highest BCUT2D eigenvalue weighted by molar-refractivity contribution is 7.80. The summed E-state index contributed by atoms with van der Waals surface area (Å²) in [5, 5.41) is 3.31. The molecule has 130 valence electrons. The number of nitrogens with one attached hydrogen (secondary N) is 1. The van der Waals surface area contributed by atoms with E-state index in [4.69, 9.17) is 28.1 Å². The van der Waals surface area contributed by atoms with E-state index in [1.54, 1.807) is 7.11 Å². The molecule has 3 nitrogen and oxygen atoms in total. The van der Waals surface area contributed by atoms with Crippen molar-refractivity contribution in [2.75, 3.05) is 13.7 Å². The van der Waals surface area contributed by atoms with Gasteiger partial charge in [-0.25, -0.2) is 0 Å². The Bertz CT molecular complexity index is 747. The van der Waals surface area contributed by atoms with Gasteiger partial charge in [0.2, 0.25) is 0 Å². The highest BCUT2D eigenvalue weighted by atomic mass is 32.1. The monoisotopic (exact) mass is 353 g/mol. The first kappa shape index (κ1) is 18.8. The Balaban J connectivity index is 1.84. The van der Waals surface area contributed by atoms with Gasteiger partial charge in [-0.05, 0) is 36.6 Å². The molecule has 0 radical (unpaired) electrons. The third-order valence-electron chi connectivity index (χ3n) is 3.79. The number of rotatable bonds is 8. The average Bonchev–Trinajstić information content (AvgIpc) is 2.64. The lowest BCUT2D eigenvalue weighted by Gasteiger charge is -2.12. The SMILES string of the molecule is C#CCOc1ccc(CCC(=S)NCc2ccc(C)cc2)cc1OC. The van der Waals surface area contributed by atoms with Crippen LogP contribution in [0, 0.1) is 19.3 Å². The molecule has 0 atom stereocenters. The Morgan fingerprint density at radius 2 is 1.84 bits per heavy atom. The van der Waals surface area contributed by atoms with Crippen molar-refractivity contribution in [1.29, 1.82) is 0 Å². The van der Waals surface area contributed by atoms with Gasteiger partial charge in [-0.2, -0.15) is 0 Å². The molecule has 2 rings (SSSR count). The van der Waals surface area contributed by atoms with Crippen molar-refractivity contribution in [3.8, 4) is 23.8 Å². The molecule has 0 aliphatic heterocycles. The minimum Gasteiger partial charge on any atom is -0.493 e. The van der Waals surface area contributed by atoms with Gasteiger partial charge >= 0.3 is 0 Å². The second kappa shape index (κ2) is 9.71. The van der Waals surface area contributed by atoms with Crippen molar-refractivity contribution >= 4 is 17.2 Å². The standard InChI is InChI=1S/C21H23NO2S/c1-4-13-24-19-11-9-17(14-20(19)23-3)10-12-21(25)22-15-18-7-5-16(2)6-8-18/h1,5-9,11,14H,10,12-13,15H2,2-3H3,(H,22,25). The summed E-state index contributed by atoms with van der Waals surface area (Å²) >= 11 is 5.43. The number of methoxy groups -OCH3 is 1. The first-order valence-electron chi connectivity index (χ1n) is 8.18. The summed E-state index contributed by atoms with van der Waals surface area (Å²) in [6, 6.07) is 14.3. The molecular formula is C21H23NO2S. The molecule has 2 aromatic carbocycles. The molecule has 0 bridgehead atoms. The molecule has 0 heterocycles. The molecule has 0 unspecified atom stereocenters. The zero-order chi connectivity index (χ0) is 18.1. The third-order valence-corrected chi connectivity index (χ3v) is 4.14. The molecule has 0 saturated carbocycles. The van der Waals surface area contributed by atoms with Crippen molar-refractivity contribution in [3.05, 3.63) is 59.2 Å². The minimum atomic E-state index is 0.225. The maximum absolute atomic E-state index is 5.45. The van der Waals surface area contributed by atoms with Gasteiger partial charge in [-0.3, -0.25) is 0 Å². The van der Waals surface area contributed by atoms with Gasteiger partial charge in [0, 0.05) is 13.0 Å². The van der Waals surface area contributed by atoms with Crippen LogP contribution in [0.3, 0.4) is 0 Å². The highest BCUT2D eigenvalue weighted by Gasteiger charge is 2.06. The summed E-state index contributed by atoms with van der Waals surface area (Å²) in [6.07, 6.45) is 6.84. The molecule has 25 heavy (non-hydrogen) atoms. The van der Waals surface area contributed by atoms with Gasteiger partial charge in [0.1, 0.15) is 6.61 Å². The van der Waals surface area contributed by atoms with Crippen molar-refractivity contribution in [2.24, 2.45) is 0 Å². The Morgan fingerprint density at radius 1 is 1.12 bits per heavy atom. The zero-order valence-electron chi connectivity index (χ0n) is 14.7. The minimum absolute atomic E-state index is 0.225. The van der Waals surface area contributed by atoms with Crippen molar-refractivity contribution in [2.45, 2.75) is 26.3 Å². The molecule has 0 amide bonds. The fraction of sp³-hybridized carbons (Fsp3) is 0.286. The molecule has 0 spiro atoms. The topological polar surface area (TPSA) is 30.5 Å². The van der Waals surface area contributed by atoms with Crippen LogP contribution in [-0.4, -0.2) is 18.7 Å². The van der Waals surface area contributed by atoms with Crippen LogP contribution in [-0.2, 0) is 13.0 Å². The van der Waals surface area contributed by atoms with E-state index in [0.717, 1.165) is 29.9 Å². The average molecular weight is 353 g/mol. The molecule has 0 aromatic heterocycles. The van der Waals surface area contributed by atoms with Crippen molar-refractivity contribution in [3.63, 3.8) is 0 Å². The Labute approximate surface area is 155 Å². The first-order valence-corrected chi connectivity index (χ1v) is 8.58. The fourth-order valence-corrected chi connectivity index (χ4v) is 2.53. The summed E-state index contributed by atoms with van der Waals surface area (Å²) in [4.78, 5) is 0.854. The van der Waals surface area contributed by atoms with E-state index < -0.39 is 0 Å². The Hall–Kier alpha value is -2.51. The number of thiocarbonyl (C=S) groups is 1. The van der Waals surface area contributed by atoms with Crippen LogP contribution < -0.4 is 14.8 Å². The molecule has 2 aromatic rings. The summed E-state index contributed by atoms with van der Waals surface area (Å²) in [5.74, 6) is 3.79. The maximum Gasteiger partial charge on any atom is 0.162 e. The number of aryl methyl sites for hydroxylation is 2. The Kier molecular flexibility index (Phi) is 7.31. The zero-order valence-corrected chi connectivity index (χ0v) is 15.5. The lowest BCUT2D eigenvalue weighted by atomic mass is 10.1. The first-order chi connectivity index (χ1) is 12.1. The number of hydrogen-bond donors (Lipinski definition) is 1. The maximum atomic E-state index is 5.45. The summed E-state index contributed by atoms with van der Waals surface area (Å²) < 4.78 is 10.8. The van der Waals surface area contributed by atoms with Gasteiger partial charge in [0.05, 0.1) is 12.1 Å². The van der Waals surface area contributed by atoms with E-state index in [0.29, 0.717) is 11.5 Å². The summed E-state index contributed by atoms with van der Waals surface area (Å²) in [6.45, 7) is 3.06.